The molecule has 0 heterocycles. The Bertz CT molecular complexity index is 448. The Morgan fingerprint density at radius 3 is 1.43 bits per heavy atom. The van der Waals surface area contributed by atoms with E-state index in [0.29, 0.717) is 6.92 Å². The first-order valence-electron chi connectivity index (χ1n) is 5.02. The van der Waals surface area contributed by atoms with E-state index in [2.05, 4.69) is 0 Å². The molecule has 124 valence electrons. The average Bonchev–Trinajstić information content (AvgIpc) is 2.29. The molecular weight excluding hydrogens is 438 g/mol. The SMILES string of the molecule is CC(I)(CC1(F)C(F)(F)C(F)(F)C(F)(F)C1(F)F)C(=O)O. The Morgan fingerprint density at radius 2 is 1.19 bits per heavy atom. The van der Waals surface area contributed by atoms with Crippen LogP contribution in [0, 0.1) is 0 Å². The van der Waals surface area contributed by atoms with Crippen molar-refractivity contribution in [2.75, 3.05) is 0 Å². The first kappa shape index (κ1) is 18.6. The second kappa shape index (κ2) is 4.31. The highest BCUT2D eigenvalue weighted by Gasteiger charge is 3.00. The summed E-state index contributed by atoms with van der Waals surface area (Å²) in [6, 6.07) is 0. The molecule has 0 aromatic heterocycles. The van der Waals surface area contributed by atoms with E-state index in [-0.39, 0.29) is 0 Å². The lowest BCUT2D eigenvalue weighted by molar-refractivity contribution is -0.303. The van der Waals surface area contributed by atoms with Gasteiger partial charge in [-0.2, -0.15) is 35.1 Å². The van der Waals surface area contributed by atoms with Crippen molar-refractivity contribution in [2.24, 2.45) is 0 Å². The average molecular weight is 444 g/mol. The topological polar surface area (TPSA) is 37.3 Å². The Hall–Kier alpha value is -0.430. The standard InChI is InChI=1S/C9H6F9IO2/c1-4(19,3(20)21)2-5(10)6(11,12)8(15,16)9(17,18)7(5,13)14/h2H2,1H3,(H,20,21). The van der Waals surface area contributed by atoms with Crippen LogP contribution in [-0.4, -0.2) is 43.9 Å². The molecule has 0 bridgehead atoms. The van der Waals surface area contributed by atoms with E-state index >= 15 is 0 Å². The molecule has 1 aliphatic rings. The largest absolute Gasteiger partial charge is 0.480 e. The summed E-state index contributed by atoms with van der Waals surface area (Å²) in [6.07, 6.45) is -2.44. The lowest BCUT2D eigenvalue weighted by atomic mass is 9.86. The fraction of sp³-hybridized carbons (Fsp3) is 0.889. The summed E-state index contributed by atoms with van der Waals surface area (Å²) in [6.45, 7) is 0.456. The zero-order valence-electron chi connectivity index (χ0n) is 9.84. The van der Waals surface area contributed by atoms with Crippen LogP contribution >= 0.6 is 22.6 Å². The van der Waals surface area contributed by atoms with Crippen LogP contribution in [0.4, 0.5) is 39.5 Å². The number of hydrogen-bond acceptors (Lipinski definition) is 1. The number of carbonyl (C=O) groups is 1. The van der Waals surface area contributed by atoms with Crippen molar-refractivity contribution in [1.29, 1.82) is 0 Å². The predicted molar refractivity (Wildman–Crippen MR) is 58.3 cm³/mol. The van der Waals surface area contributed by atoms with Crippen molar-refractivity contribution in [3.05, 3.63) is 0 Å². The highest BCUT2D eigenvalue weighted by molar-refractivity contribution is 14.1. The smallest absolute Gasteiger partial charge is 0.381 e. The van der Waals surface area contributed by atoms with Crippen LogP contribution in [0.2, 0.25) is 0 Å². The summed E-state index contributed by atoms with van der Waals surface area (Å²) in [5.74, 6) is -28.4. The third-order valence-corrected chi connectivity index (χ3v) is 4.04. The van der Waals surface area contributed by atoms with Gasteiger partial charge in [0.1, 0.15) is 3.42 Å². The molecular formula is C9H6F9IO2. The van der Waals surface area contributed by atoms with Crippen LogP contribution in [0.3, 0.4) is 0 Å². The minimum absolute atomic E-state index is 0.456. The third-order valence-electron chi connectivity index (χ3n) is 3.20. The quantitative estimate of drug-likeness (QED) is 0.408. The van der Waals surface area contributed by atoms with E-state index in [9.17, 15) is 44.3 Å². The first-order chi connectivity index (χ1) is 8.90. The molecule has 0 amide bonds. The maximum atomic E-state index is 14.0. The zero-order valence-corrected chi connectivity index (χ0v) is 12.0. The summed E-state index contributed by atoms with van der Waals surface area (Å²) in [5.41, 5.74) is -5.73. The van der Waals surface area contributed by atoms with Crippen LogP contribution < -0.4 is 0 Å². The number of rotatable bonds is 3. The molecule has 1 atom stereocenters. The van der Waals surface area contributed by atoms with Crippen LogP contribution in [0.25, 0.3) is 0 Å². The molecule has 0 radical (unpaired) electrons. The van der Waals surface area contributed by atoms with Crippen molar-refractivity contribution >= 4 is 28.6 Å². The summed E-state index contributed by atoms with van der Waals surface area (Å²) in [7, 11) is 0. The molecule has 12 heteroatoms. The van der Waals surface area contributed by atoms with Crippen molar-refractivity contribution in [1.82, 2.24) is 0 Å². The second-order valence-electron chi connectivity index (χ2n) is 4.78. The van der Waals surface area contributed by atoms with Gasteiger partial charge in [-0.15, -0.1) is 0 Å². The van der Waals surface area contributed by atoms with Gasteiger partial charge in [-0.25, -0.2) is 4.39 Å². The van der Waals surface area contributed by atoms with Gasteiger partial charge in [0.2, 0.25) is 0 Å². The maximum Gasteiger partial charge on any atom is 0.381 e. The van der Waals surface area contributed by atoms with Crippen molar-refractivity contribution in [3.8, 4) is 0 Å². The maximum absolute atomic E-state index is 14.0. The number of carboxylic acids is 1. The Morgan fingerprint density at radius 1 is 0.905 bits per heavy atom. The van der Waals surface area contributed by atoms with Crippen LogP contribution in [0.5, 0.6) is 0 Å². The minimum Gasteiger partial charge on any atom is -0.480 e. The van der Waals surface area contributed by atoms with E-state index in [1.807, 2.05) is 0 Å². The molecule has 1 rings (SSSR count). The fourth-order valence-electron chi connectivity index (χ4n) is 1.84. The Labute approximate surface area is 124 Å². The van der Waals surface area contributed by atoms with E-state index in [1.165, 1.54) is 0 Å². The normalized spacial score (nSPS) is 30.6. The highest BCUT2D eigenvalue weighted by Crippen LogP contribution is 2.70. The summed E-state index contributed by atoms with van der Waals surface area (Å²) >= 11 is 0.726. The Balaban J connectivity index is 3.57. The molecule has 1 unspecified atom stereocenters. The van der Waals surface area contributed by atoms with Gasteiger partial charge in [-0.3, -0.25) is 4.79 Å². The lowest BCUT2D eigenvalue weighted by Gasteiger charge is -2.34. The van der Waals surface area contributed by atoms with E-state index in [0.717, 1.165) is 22.6 Å². The molecule has 21 heavy (non-hydrogen) atoms. The molecule has 1 aliphatic carbocycles. The number of hydrogen-bond donors (Lipinski definition) is 1. The summed E-state index contributed by atoms with van der Waals surface area (Å²) in [4.78, 5) is 10.7. The van der Waals surface area contributed by atoms with Gasteiger partial charge < -0.3 is 5.11 Å². The third kappa shape index (κ3) is 1.89. The van der Waals surface area contributed by atoms with Gasteiger partial charge in [-0.1, -0.05) is 22.6 Å². The van der Waals surface area contributed by atoms with Crippen LogP contribution in [0.15, 0.2) is 0 Å². The Kier molecular flexibility index (Phi) is 3.82. The number of halogens is 10. The van der Waals surface area contributed by atoms with Crippen LogP contribution in [-0.2, 0) is 4.79 Å². The number of alkyl halides is 10. The van der Waals surface area contributed by atoms with E-state index < -0.39 is 45.2 Å². The second-order valence-corrected chi connectivity index (χ2v) is 7.16. The highest BCUT2D eigenvalue weighted by atomic mass is 127. The van der Waals surface area contributed by atoms with Gasteiger partial charge in [0.25, 0.3) is 5.67 Å². The van der Waals surface area contributed by atoms with Gasteiger partial charge in [-0.05, 0) is 6.92 Å². The van der Waals surface area contributed by atoms with Gasteiger partial charge >= 0.3 is 29.7 Å². The molecule has 1 saturated carbocycles. The monoisotopic (exact) mass is 444 g/mol. The molecule has 0 saturated heterocycles. The fourth-order valence-corrected chi connectivity index (χ4v) is 2.37. The molecule has 1 fully saturated rings. The number of aliphatic carboxylic acids is 1. The summed E-state index contributed by atoms with van der Waals surface area (Å²) < 4.78 is 116. The van der Waals surface area contributed by atoms with Crippen LogP contribution in [0.1, 0.15) is 13.3 Å². The molecule has 1 N–H and O–H groups in total. The predicted octanol–water partition coefficient (Wildman–Crippen LogP) is 3.92. The van der Waals surface area contributed by atoms with Gasteiger partial charge in [0.15, 0.2) is 0 Å². The van der Waals surface area contributed by atoms with Crippen molar-refractivity contribution < 1.29 is 49.4 Å². The number of carboxylic acid groups (broad SMARTS) is 1. The molecule has 0 aromatic rings. The summed E-state index contributed by atoms with van der Waals surface area (Å²) in [5, 5.41) is 8.58. The van der Waals surface area contributed by atoms with E-state index in [1.54, 1.807) is 0 Å². The molecule has 2 nitrogen and oxygen atoms in total. The minimum atomic E-state index is -6.68. The molecule has 0 aliphatic heterocycles. The first-order valence-corrected chi connectivity index (χ1v) is 6.10. The molecule has 0 spiro atoms. The van der Waals surface area contributed by atoms with Gasteiger partial charge in [0, 0.05) is 6.42 Å². The van der Waals surface area contributed by atoms with Crippen molar-refractivity contribution in [2.45, 2.75) is 46.1 Å². The van der Waals surface area contributed by atoms with Gasteiger partial charge in [0.05, 0.1) is 0 Å². The molecule has 0 aromatic carbocycles. The lowest BCUT2D eigenvalue weighted by Crippen LogP contribution is -2.58. The zero-order chi connectivity index (χ0) is 17.3. The van der Waals surface area contributed by atoms with Crippen molar-refractivity contribution in [3.63, 3.8) is 0 Å². The van der Waals surface area contributed by atoms with E-state index in [4.69, 9.17) is 5.11 Å².